The van der Waals surface area contributed by atoms with E-state index >= 15 is 0 Å². The Balaban J connectivity index is 1.99. The average molecular weight is 310 g/mol. The van der Waals surface area contributed by atoms with Crippen molar-refractivity contribution < 1.29 is 14.7 Å². The molecule has 1 heterocycles. The van der Waals surface area contributed by atoms with E-state index in [9.17, 15) is 9.59 Å². The van der Waals surface area contributed by atoms with Crippen LogP contribution in [0.15, 0.2) is 24.3 Å². The number of aliphatic carboxylic acids is 1. The average Bonchev–Trinajstić information content (AvgIpc) is 2.49. The van der Waals surface area contributed by atoms with Crippen LogP contribution in [0.1, 0.15) is 25.3 Å². The Hall–Kier alpha value is -1.55. The van der Waals surface area contributed by atoms with Gasteiger partial charge in [-0.25, -0.2) is 0 Å². The molecule has 2 unspecified atom stereocenters. The minimum absolute atomic E-state index is 0.0147. The van der Waals surface area contributed by atoms with Gasteiger partial charge >= 0.3 is 5.97 Å². The maximum atomic E-state index is 12.5. The molecule has 1 aliphatic heterocycles. The van der Waals surface area contributed by atoms with Crippen LogP contribution in [0.5, 0.6) is 0 Å². The van der Waals surface area contributed by atoms with Gasteiger partial charge in [-0.2, -0.15) is 0 Å². The molecule has 114 valence electrons. The fourth-order valence-electron chi connectivity index (χ4n) is 2.77. The molecule has 0 aliphatic carbocycles. The van der Waals surface area contributed by atoms with E-state index in [0.717, 1.165) is 12.0 Å². The van der Waals surface area contributed by atoms with Gasteiger partial charge in [-0.3, -0.25) is 9.59 Å². The summed E-state index contributed by atoms with van der Waals surface area (Å²) in [6.45, 7) is 2.84. The van der Waals surface area contributed by atoms with Crippen molar-refractivity contribution in [2.45, 2.75) is 26.2 Å². The van der Waals surface area contributed by atoms with E-state index in [0.29, 0.717) is 31.0 Å². The molecule has 1 fully saturated rings. The minimum atomic E-state index is -0.814. The zero-order chi connectivity index (χ0) is 15.4. The number of nitrogens with zero attached hydrogens (tertiary/aromatic N) is 1. The third-order valence-electron chi connectivity index (χ3n) is 3.99. The lowest BCUT2D eigenvalue weighted by Gasteiger charge is -2.32. The van der Waals surface area contributed by atoms with E-state index < -0.39 is 11.9 Å². The van der Waals surface area contributed by atoms with E-state index in [-0.39, 0.29) is 11.8 Å². The van der Waals surface area contributed by atoms with Gasteiger partial charge in [-0.05, 0) is 30.9 Å². The quantitative estimate of drug-likeness (QED) is 0.930. The number of halogens is 1. The van der Waals surface area contributed by atoms with E-state index in [2.05, 4.69) is 0 Å². The van der Waals surface area contributed by atoms with Gasteiger partial charge in [-0.1, -0.05) is 36.7 Å². The highest BCUT2D eigenvalue weighted by molar-refractivity contribution is 6.31. The zero-order valence-electron chi connectivity index (χ0n) is 12.1. The maximum absolute atomic E-state index is 12.5. The molecule has 1 aliphatic rings. The predicted octanol–water partition coefficient (Wildman–Crippen LogP) is 2.84. The van der Waals surface area contributed by atoms with Gasteiger partial charge in [0.05, 0.1) is 5.92 Å². The number of carboxylic acids is 1. The van der Waals surface area contributed by atoms with Crippen LogP contribution in [0.4, 0.5) is 0 Å². The molecule has 5 heteroatoms. The van der Waals surface area contributed by atoms with Gasteiger partial charge in [0.2, 0.25) is 5.91 Å². The first-order valence-electron chi connectivity index (χ1n) is 7.24. The van der Waals surface area contributed by atoms with Crippen molar-refractivity contribution in [3.05, 3.63) is 34.9 Å². The molecule has 0 radical (unpaired) electrons. The number of hydrogen-bond acceptors (Lipinski definition) is 2. The Morgan fingerprint density at radius 1 is 1.43 bits per heavy atom. The molecular formula is C16H20ClNO3. The lowest BCUT2D eigenvalue weighted by molar-refractivity contribution is -0.146. The van der Waals surface area contributed by atoms with Crippen molar-refractivity contribution in [3.63, 3.8) is 0 Å². The summed E-state index contributed by atoms with van der Waals surface area (Å²) in [4.78, 5) is 25.2. The molecule has 21 heavy (non-hydrogen) atoms. The Kier molecular flexibility index (Phi) is 5.23. The number of likely N-dealkylation sites (tertiary alicyclic amines) is 1. The Morgan fingerprint density at radius 3 is 2.81 bits per heavy atom. The summed E-state index contributed by atoms with van der Waals surface area (Å²) in [5, 5.41) is 9.76. The van der Waals surface area contributed by atoms with Gasteiger partial charge in [-0.15, -0.1) is 0 Å². The number of hydrogen-bond donors (Lipinski definition) is 1. The summed E-state index contributed by atoms with van der Waals surface area (Å²) < 4.78 is 0. The molecule has 0 spiro atoms. The van der Waals surface area contributed by atoms with Gasteiger partial charge in [0.15, 0.2) is 0 Å². The Labute approximate surface area is 129 Å². The molecular weight excluding hydrogens is 290 g/mol. The van der Waals surface area contributed by atoms with Gasteiger partial charge in [0.25, 0.3) is 0 Å². The number of carbonyl (C=O) groups is 2. The number of amides is 1. The number of piperidine rings is 1. The monoisotopic (exact) mass is 309 g/mol. The van der Waals surface area contributed by atoms with Gasteiger partial charge < -0.3 is 10.0 Å². The number of carbonyl (C=O) groups excluding carboxylic acids is 1. The minimum Gasteiger partial charge on any atom is -0.481 e. The van der Waals surface area contributed by atoms with Crippen molar-refractivity contribution in [1.29, 1.82) is 0 Å². The first-order chi connectivity index (χ1) is 9.99. The lowest BCUT2D eigenvalue weighted by Crippen LogP contribution is -2.44. The predicted molar refractivity (Wildman–Crippen MR) is 81.3 cm³/mol. The van der Waals surface area contributed by atoms with Crippen molar-refractivity contribution in [3.8, 4) is 0 Å². The zero-order valence-corrected chi connectivity index (χ0v) is 12.8. The molecule has 1 amide bonds. The maximum Gasteiger partial charge on any atom is 0.308 e. The van der Waals surface area contributed by atoms with Crippen LogP contribution in [0, 0.1) is 11.8 Å². The second kappa shape index (κ2) is 6.94. The number of rotatable bonds is 4. The highest BCUT2D eigenvalue weighted by Crippen LogP contribution is 2.22. The Morgan fingerprint density at radius 2 is 2.14 bits per heavy atom. The van der Waals surface area contributed by atoms with Crippen LogP contribution in [-0.4, -0.2) is 35.0 Å². The van der Waals surface area contributed by atoms with E-state index in [1.807, 2.05) is 31.2 Å². The van der Waals surface area contributed by atoms with Crippen LogP contribution in [0.2, 0.25) is 5.02 Å². The first-order valence-corrected chi connectivity index (χ1v) is 7.62. The Bertz CT molecular complexity index is 532. The standard InChI is InChI=1S/C16H20ClNO3/c1-11(9-12-5-2-3-7-14(12)17)15(19)18-8-4-6-13(10-18)16(20)21/h2-3,5,7,11,13H,4,6,8-10H2,1H3,(H,20,21). The normalized spacial score (nSPS) is 20.1. The first kappa shape index (κ1) is 15.8. The molecule has 0 saturated carbocycles. The topological polar surface area (TPSA) is 57.6 Å². The molecule has 0 bridgehead atoms. The van der Waals surface area contributed by atoms with Gasteiger partial charge in [0, 0.05) is 24.0 Å². The summed E-state index contributed by atoms with van der Waals surface area (Å²) in [5.41, 5.74) is 0.951. The van der Waals surface area contributed by atoms with Gasteiger partial charge in [0.1, 0.15) is 0 Å². The number of benzene rings is 1. The lowest BCUT2D eigenvalue weighted by atomic mass is 9.95. The summed E-state index contributed by atoms with van der Waals surface area (Å²) in [6, 6.07) is 7.50. The van der Waals surface area contributed by atoms with Crippen molar-refractivity contribution in [2.75, 3.05) is 13.1 Å². The highest BCUT2D eigenvalue weighted by Gasteiger charge is 2.30. The molecule has 1 saturated heterocycles. The van der Waals surface area contributed by atoms with Crippen LogP contribution in [-0.2, 0) is 16.0 Å². The van der Waals surface area contributed by atoms with E-state index in [1.165, 1.54) is 0 Å². The van der Waals surface area contributed by atoms with E-state index in [1.54, 1.807) is 4.90 Å². The largest absolute Gasteiger partial charge is 0.481 e. The molecule has 4 nitrogen and oxygen atoms in total. The van der Waals surface area contributed by atoms with Crippen LogP contribution >= 0.6 is 11.6 Å². The highest BCUT2D eigenvalue weighted by atomic mass is 35.5. The fraction of sp³-hybridized carbons (Fsp3) is 0.500. The summed E-state index contributed by atoms with van der Waals surface area (Å²) in [7, 11) is 0. The third-order valence-corrected chi connectivity index (χ3v) is 4.36. The molecule has 2 rings (SSSR count). The van der Waals surface area contributed by atoms with Crippen LogP contribution in [0.25, 0.3) is 0 Å². The fourth-order valence-corrected chi connectivity index (χ4v) is 2.98. The molecule has 1 aromatic carbocycles. The van der Waals surface area contributed by atoms with Crippen molar-refractivity contribution in [2.24, 2.45) is 11.8 Å². The summed E-state index contributed by atoms with van der Waals surface area (Å²) in [6.07, 6.45) is 1.98. The second-order valence-electron chi connectivity index (χ2n) is 5.66. The van der Waals surface area contributed by atoms with Crippen LogP contribution in [0.3, 0.4) is 0 Å². The second-order valence-corrected chi connectivity index (χ2v) is 6.07. The molecule has 1 aromatic rings. The number of carboxylic acid groups (broad SMARTS) is 1. The summed E-state index contributed by atoms with van der Waals surface area (Å²) >= 11 is 6.12. The molecule has 0 aromatic heterocycles. The summed E-state index contributed by atoms with van der Waals surface area (Å²) in [5.74, 6) is -1.43. The van der Waals surface area contributed by atoms with E-state index in [4.69, 9.17) is 16.7 Å². The smallest absolute Gasteiger partial charge is 0.308 e. The van der Waals surface area contributed by atoms with Crippen molar-refractivity contribution in [1.82, 2.24) is 4.90 Å². The SMILES string of the molecule is CC(Cc1ccccc1Cl)C(=O)N1CCCC(C(=O)O)C1. The molecule has 2 atom stereocenters. The van der Waals surface area contributed by atoms with Crippen molar-refractivity contribution >= 4 is 23.5 Å². The third kappa shape index (κ3) is 3.97. The van der Waals surface area contributed by atoms with Crippen LogP contribution < -0.4 is 0 Å². The molecule has 1 N–H and O–H groups in total.